The Morgan fingerprint density at radius 3 is 1.80 bits per heavy atom. The minimum atomic E-state index is -0.456. The van der Waals surface area contributed by atoms with Crippen LogP contribution in [0.15, 0.2) is 121 Å². The number of aromatic nitrogens is 1. The fourth-order valence-corrected chi connectivity index (χ4v) is 7.48. The van der Waals surface area contributed by atoms with E-state index in [1.54, 1.807) is 12.1 Å². The van der Waals surface area contributed by atoms with Gasteiger partial charge >= 0.3 is 0 Å². The van der Waals surface area contributed by atoms with Crippen LogP contribution < -0.4 is 0 Å². The van der Waals surface area contributed by atoms with E-state index in [0.717, 1.165) is 44.6 Å². The lowest BCUT2D eigenvalue weighted by Gasteiger charge is -2.34. The highest BCUT2D eigenvalue weighted by atomic mass is 16.1. The van der Waals surface area contributed by atoms with E-state index in [9.17, 15) is 10.1 Å². The highest BCUT2D eigenvalue weighted by Gasteiger charge is 2.37. The van der Waals surface area contributed by atoms with Gasteiger partial charge in [-0.15, -0.1) is 0 Å². The Morgan fingerprint density at radius 2 is 1.17 bits per heavy atom. The van der Waals surface area contributed by atoms with E-state index >= 15 is 0 Å². The molecule has 0 atom stereocenters. The molecule has 6 aromatic carbocycles. The standard InChI is InChI=1S/C43H32N2O/c1-26-10-8-14-34-35-15-9-11-27(2)41(35)45(40(26)34)33-22-31(29-12-6-5-7-13-29)21-32(23-33)30-17-19-37-39(24-30)43(3,4)38-20-28(25-44)16-18-36(38)42(37)46/h5-24H,1-4H3. The van der Waals surface area contributed by atoms with Crippen LogP contribution >= 0.6 is 0 Å². The second-order valence-electron chi connectivity index (χ2n) is 13.0. The second kappa shape index (κ2) is 10.2. The largest absolute Gasteiger partial charge is 0.309 e. The van der Waals surface area contributed by atoms with Gasteiger partial charge in [0.2, 0.25) is 0 Å². The Morgan fingerprint density at radius 1 is 0.587 bits per heavy atom. The van der Waals surface area contributed by atoms with Crippen LogP contribution in [-0.2, 0) is 5.41 Å². The summed E-state index contributed by atoms with van der Waals surface area (Å²) in [5.41, 5.74) is 13.8. The van der Waals surface area contributed by atoms with E-state index in [1.807, 2.05) is 18.2 Å². The number of rotatable bonds is 3. The van der Waals surface area contributed by atoms with E-state index in [4.69, 9.17) is 0 Å². The highest BCUT2D eigenvalue weighted by molar-refractivity contribution is 6.14. The third-order valence-electron chi connectivity index (χ3n) is 9.83. The zero-order chi connectivity index (χ0) is 31.7. The minimum Gasteiger partial charge on any atom is -0.309 e. The molecule has 0 fully saturated rings. The van der Waals surface area contributed by atoms with Gasteiger partial charge in [0.15, 0.2) is 5.78 Å². The summed E-state index contributed by atoms with van der Waals surface area (Å²) in [7, 11) is 0. The summed E-state index contributed by atoms with van der Waals surface area (Å²) in [6.07, 6.45) is 0. The molecule has 0 bridgehead atoms. The molecule has 3 heteroatoms. The number of ketones is 1. The molecule has 0 N–H and O–H groups in total. The third-order valence-corrected chi connectivity index (χ3v) is 9.83. The molecule has 0 spiro atoms. The average molecular weight is 593 g/mol. The summed E-state index contributed by atoms with van der Waals surface area (Å²) in [6.45, 7) is 8.68. The molecule has 1 heterocycles. The van der Waals surface area contributed by atoms with Gasteiger partial charge in [0.25, 0.3) is 0 Å². The summed E-state index contributed by atoms with van der Waals surface area (Å²) >= 11 is 0. The number of carbonyl (C=O) groups is 1. The first kappa shape index (κ1) is 27.8. The van der Waals surface area contributed by atoms with Crippen LogP contribution in [0.4, 0.5) is 0 Å². The van der Waals surface area contributed by atoms with Crippen LogP contribution in [0.5, 0.6) is 0 Å². The minimum absolute atomic E-state index is 0.00956. The number of hydrogen-bond acceptors (Lipinski definition) is 2. The second-order valence-corrected chi connectivity index (χ2v) is 13.0. The number of benzene rings is 6. The quantitative estimate of drug-likeness (QED) is 0.205. The van der Waals surface area contributed by atoms with Crippen LogP contribution in [0, 0.1) is 25.2 Å². The monoisotopic (exact) mass is 592 g/mol. The third kappa shape index (κ3) is 4.07. The van der Waals surface area contributed by atoms with E-state index in [0.29, 0.717) is 11.1 Å². The molecule has 0 saturated heterocycles. The SMILES string of the molecule is Cc1cccc2c3cccc(C)c3n(-c3cc(-c4ccccc4)cc(-c4ccc5c(c4)C(C)(C)c4cc(C#N)ccc4C5=O)c3)c12. The number of fused-ring (bicyclic) bond motifs is 5. The Balaban J connectivity index is 1.40. The number of carbonyl (C=O) groups excluding carboxylic acids is 1. The van der Waals surface area contributed by atoms with Crippen LogP contribution in [-0.4, -0.2) is 10.4 Å². The van der Waals surface area contributed by atoms with Crippen molar-refractivity contribution in [2.24, 2.45) is 0 Å². The van der Waals surface area contributed by atoms with Crippen LogP contribution in [0.1, 0.15) is 57.6 Å². The van der Waals surface area contributed by atoms with E-state index in [2.05, 4.69) is 129 Å². The van der Waals surface area contributed by atoms with Crippen molar-refractivity contribution in [1.29, 1.82) is 5.26 Å². The van der Waals surface area contributed by atoms with Gasteiger partial charge in [-0.25, -0.2) is 0 Å². The van der Waals surface area contributed by atoms with Gasteiger partial charge in [-0.3, -0.25) is 4.79 Å². The lowest BCUT2D eigenvalue weighted by Crippen LogP contribution is -2.30. The smallest absolute Gasteiger partial charge is 0.193 e. The van der Waals surface area contributed by atoms with Crippen LogP contribution in [0.25, 0.3) is 49.7 Å². The molecule has 1 aliphatic rings. The Hall–Kier alpha value is -5.72. The maximum atomic E-state index is 13.7. The van der Waals surface area contributed by atoms with Crippen molar-refractivity contribution >= 4 is 27.6 Å². The topological polar surface area (TPSA) is 45.8 Å². The van der Waals surface area contributed by atoms with Crippen molar-refractivity contribution in [3.63, 3.8) is 0 Å². The Labute approximate surface area is 269 Å². The highest BCUT2D eigenvalue weighted by Crippen LogP contribution is 2.44. The van der Waals surface area contributed by atoms with Gasteiger partial charge in [0, 0.05) is 33.0 Å². The van der Waals surface area contributed by atoms with Gasteiger partial charge in [-0.1, -0.05) is 92.7 Å². The Kier molecular flexibility index (Phi) is 6.14. The number of nitrogens with zero attached hydrogens (tertiary/aromatic N) is 2. The van der Waals surface area contributed by atoms with Gasteiger partial charge in [-0.05, 0) is 101 Å². The zero-order valence-electron chi connectivity index (χ0n) is 26.3. The van der Waals surface area contributed by atoms with E-state index in [1.165, 1.54) is 32.9 Å². The molecule has 220 valence electrons. The average Bonchev–Trinajstić information content (AvgIpc) is 3.44. The van der Waals surface area contributed by atoms with Gasteiger partial charge in [0.05, 0.1) is 22.7 Å². The molecule has 0 unspecified atom stereocenters. The number of para-hydroxylation sites is 2. The van der Waals surface area contributed by atoms with Crippen molar-refractivity contribution in [3.8, 4) is 34.0 Å². The summed E-state index contributed by atoms with van der Waals surface area (Å²) in [4.78, 5) is 13.7. The molecule has 0 aliphatic heterocycles. The summed E-state index contributed by atoms with van der Waals surface area (Å²) in [5.74, 6) is 0.00956. The van der Waals surface area contributed by atoms with E-state index < -0.39 is 5.41 Å². The Bertz CT molecular complexity index is 2380. The first-order valence-electron chi connectivity index (χ1n) is 15.7. The maximum Gasteiger partial charge on any atom is 0.193 e. The molecule has 0 saturated carbocycles. The number of nitriles is 1. The molecule has 46 heavy (non-hydrogen) atoms. The molecular formula is C43H32N2O. The van der Waals surface area contributed by atoms with Crippen molar-refractivity contribution in [3.05, 3.63) is 160 Å². The maximum absolute atomic E-state index is 13.7. The fraction of sp³-hybridized carbons (Fsp3) is 0.116. The summed E-state index contributed by atoms with van der Waals surface area (Å²) in [6, 6.07) is 44.4. The van der Waals surface area contributed by atoms with Crippen LogP contribution in [0.3, 0.4) is 0 Å². The molecular weight excluding hydrogens is 560 g/mol. The first-order chi connectivity index (χ1) is 22.3. The fourth-order valence-electron chi connectivity index (χ4n) is 7.48. The lowest BCUT2D eigenvalue weighted by atomic mass is 9.67. The number of aryl methyl sites for hydroxylation is 2. The number of hydrogen-bond donors (Lipinski definition) is 0. The van der Waals surface area contributed by atoms with Crippen molar-refractivity contribution < 1.29 is 4.79 Å². The molecule has 1 aliphatic carbocycles. The van der Waals surface area contributed by atoms with Gasteiger partial charge in [-0.2, -0.15) is 5.26 Å². The predicted molar refractivity (Wildman–Crippen MR) is 188 cm³/mol. The normalized spacial score (nSPS) is 13.4. The van der Waals surface area contributed by atoms with E-state index in [-0.39, 0.29) is 5.78 Å². The molecule has 8 rings (SSSR count). The molecule has 3 nitrogen and oxygen atoms in total. The zero-order valence-corrected chi connectivity index (χ0v) is 26.3. The summed E-state index contributed by atoms with van der Waals surface area (Å²) < 4.78 is 2.43. The molecule has 1 aromatic heterocycles. The van der Waals surface area contributed by atoms with Gasteiger partial charge in [0.1, 0.15) is 0 Å². The predicted octanol–water partition coefficient (Wildman–Crippen LogP) is 10.5. The lowest BCUT2D eigenvalue weighted by molar-refractivity contribution is 0.103. The van der Waals surface area contributed by atoms with Crippen molar-refractivity contribution in [2.45, 2.75) is 33.1 Å². The van der Waals surface area contributed by atoms with Crippen molar-refractivity contribution in [2.75, 3.05) is 0 Å². The molecule has 7 aromatic rings. The van der Waals surface area contributed by atoms with Gasteiger partial charge < -0.3 is 4.57 Å². The summed E-state index contributed by atoms with van der Waals surface area (Å²) in [5, 5.41) is 12.1. The first-order valence-corrected chi connectivity index (χ1v) is 15.7. The van der Waals surface area contributed by atoms with Crippen LogP contribution in [0.2, 0.25) is 0 Å². The van der Waals surface area contributed by atoms with Crippen molar-refractivity contribution in [1.82, 2.24) is 4.57 Å². The molecule has 0 radical (unpaired) electrons. The molecule has 0 amide bonds.